The van der Waals surface area contributed by atoms with Crippen LogP contribution in [0.1, 0.15) is 15.9 Å². The lowest BCUT2D eigenvalue weighted by atomic mass is 10.2. The fraction of sp³-hybridized carbons (Fsp3) is 0.0833. The minimum absolute atomic E-state index is 0.0119. The van der Waals surface area contributed by atoms with Crippen LogP contribution in [0.5, 0.6) is 0 Å². The Hall–Kier alpha value is -2.35. The second-order valence-electron chi connectivity index (χ2n) is 3.88. The number of para-hydroxylation sites is 1. The van der Waals surface area contributed by atoms with E-state index in [4.69, 9.17) is 5.11 Å². The zero-order chi connectivity index (χ0) is 14.5. The van der Waals surface area contributed by atoms with E-state index in [1.165, 1.54) is 6.07 Å². The number of urea groups is 1. The molecule has 7 nitrogen and oxygen atoms in total. The molecule has 0 aliphatic heterocycles. The van der Waals surface area contributed by atoms with Gasteiger partial charge in [-0.2, -0.15) is 5.10 Å². The van der Waals surface area contributed by atoms with E-state index < -0.39 is 12.0 Å². The molecule has 2 aromatic rings. The molecule has 20 heavy (non-hydrogen) atoms. The van der Waals surface area contributed by atoms with Crippen LogP contribution in [-0.4, -0.2) is 27.3 Å². The zero-order valence-electron chi connectivity index (χ0n) is 10.2. The summed E-state index contributed by atoms with van der Waals surface area (Å²) in [4.78, 5) is 22.9. The first-order chi connectivity index (χ1) is 9.58. The number of amides is 2. The molecule has 0 radical (unpaired) electrons. The molecule has 0 aliphatic carbocycles. The van der Waals surface area contributed by atoms with Gasteiger partial charge in [-0.3, -0.25) is 5.10 Å². The molecule has 104 valence electrons. The number of halogens is 1. The molecule has 1 heterocycles. The molecular formula is C12H11BrN4O3. The van der Waals surface area contributed by atoms with Gasteiger partial charge in [-0.1, -0.05) is 6.07 Å². The molecule has 2 amide bonds. The first-order valence-electron chi connectivity index (χ1n) is 5.62. The van der Waals surface area contributed by atoms with Gasteiger partial charge in [-0.25, -0.2) is 9.59 Å². The number of aromatic carboxylic acids is 1. The van der Waals surface area contributed by atoms with Gasteiger partial charge in [0.25, 0.3) is 0 Å². The number of aromatic amines is 1. The summed E-state index contributed by atoms with van der Waals surface area (Å²) in [7, 11) is 0. The summed E-state index contributed by atoms with van der Waals surface area (Å²) >= 11 is 3.21. The Kier molecular flexibility index (Phi) is 4.36. The van der Waals surface area contributed by atoms with Gasteiger partial charge in [-0.05, 0) is 28.1 Å². The van der Waals surface area contributed by atoms with Gasteiger partial charge in [0.15, 0.2) is 0 Å². The van der Waals surface area contributed by atoms with E-state index in [2.05, 4.69) is 36.8 Å². The van der Waals surface area contributed by atoms with Gasteiger partial charge in [0, 0.05) is 22.8 Å². The Morgan fingerprint density at radius 2 is 2.20 bits per heavy atom. The summed E-state index contributed by atoms with van der Waals surface area (Å²) in [5.41, 5.74) is 1.04. The van der Waals surface area contributed by atoms with Gasteiger partial charge >= 0.3 is 12.0 Å². The molecule has 4 N–H and O–H groups in total. The molecule has 1 aromatic heterocycles. The molecular weight excluding hydrogens is 328 g/mol. The molecule has 0 bridgehead atoms. The van der Waals surface area contributed by atoms with Crippen molar-refractivity contribution in [3.63, 3.8) is 0 Å². The van der Waals surface area contributed by atoms with Crippen molar-refractivity contribution in [1.82, 2.24) is 15.5 Å². The van der Waals surface area contributed by atoms with Crippen molar-refractivity contribution >= 4 is 33.6 Å². The SMILES string of the molecule is O=C(NCc1cn[nH]c1)Nc1c(Br)cccc1C(=O)O. The van der Waals surface area contributed by atoms with Gasteiger partial charge in [0.1, 0.15) is 0 Å². The molecule has 0 atom stereocenters. The van der Waals surface area contributed by atoms with Crippen molar-refractivity contribution < 1.29 is 14.7 Å². The highest BCUT2D eigenvalue weighted by atomic mass is 79.9. The molecule has 0 saturated heterocycles. The second-order valence-corrected chi connectivity index (χ2v) is 4.74. The fourth-order valence-corrected chi connectivity index (χ4v) is 2.01. The minimum Gasteiger partial charge on any atom is -0.478 e. The van der Waals surface area contributed by atoms with Crippen LogP contribution in [0.4, 0.5) is 10.5 Å². The molecule has 0 spiro atoms. The Bertz CT molecular complexity index is 628. The smallest absolute Gasteiger partial charge is 0.337 e. The van der Waals surface area contributed by atoms with E-state index >= 15 is 0 Å². The number of hydrogen-bond acceptors (Lipinski definition) is 3. The Morgan fingerprint density at radius 3 is 2.85 bits per heavy atom. The van der Waals surface area contributed by atoms with Crippen LogP contribution in [0.3, 0.4) is 0 Å². The monoisotopic (exact) mass is 338 g/mol. The number of benzene rings is 1. The number of carbonyl (C=O) groups excluding carboxylic acids is 1. The Labute approximate surface area is 122 Å². The number of hydrogen-bond donors (Lipinski definition) is 4. The fourth-order valence-electron chi connectivity index (χ4n) is 1.54. The van der Waals surface area contributed by atoms with Crippen molar-refractivity contribution in [1.29, 1.82) is 0 Å². The average molecular weight is 339 g/mol. The zero-order valence-corrected chi connectivity index (χ0v) is 11.8. The first kappa shape index (κ1) is 14.1. The van der Waals surface area contributed by atoms with Crippen LogP contribution >= 0.6 is 15.9 Å². The Morgan fingerprint density at radius 1 is 1.40 bits per heavy atom. The van der Waals surface area contributed by atoms with Crippen LogP contribution in [0.15, 0.2) is 35.1 Å². The van der Waals surface area contributed by atoms with Crippen molar-refractivity contribution in [2.75, 3.05) is 5.32 Å². The maximum absolute atomic E-state index is 11.8. The summed E-state index contributed by atoms with van der Waals surface area (Å²) in [6.45, 7) is 0.287. The number of aromatic nitrogens is 2. The van der Waals surface area contributed by atoms with E-state index in [-0.39, 0.29) is 17.8 Å². The van der Waals surface area contributed by atoms with Gasteiger partial charge in [0.05, 0.1) is 17.4 Å². The quantitative estimate of drug-likeness (QED) is 0.685. The summed E-state index contributed by atoms with van der Waals surface area (Å²) in [5, 5.41) is 20.6. The van der Waals surface area contributed by atoms with Crippen molar-refractivity contribution in [2.24, 2.45) is 0 Å². The van der Waals surface area contributed by atoms with E-state index in [1.54, 1.807) is 24.5 Å². The summed E-state index contributed by atoms with van der Waals surface area (Å²) < 4.78 is 0.496. The third-order valence-corrected chi connectivity index (χ3v) is 3.15. The maximum atomic E-state index is 11.8. The normalized spacial score (nSPS) is 10.1. The number of carboxylic acid groups (broad SMARTS) is 1. The van der Waals surface area contributed by atoms with Gasteiger partial charge in [-0.15, -0.1) is 0 Å². The third kappa shape index (κ3) is 3.35. The van der Waals surface area contributed by atoms with E-state index in [0.717, 1.165) is 5.56 Å². The highest BCUT2D eigenvalue weighted by Crippen LogP contribution is 2.26. The van der Waals surface area contributed by atoms with Crippen LogP contribution in [0, 0.1) is 0 Å². The molecule has 2 rings (SSSR count). The number of carboxylic acids is 1. The second kappa shape index (κ2) is 6.20. The number of nitrogens with one attached hydrogen (secondary N) is 3. The molecule has 8 heteroatoms. The first-order valence-corrected chi connectivity index (χ1v) is 6.41. The van der Waals surface area contributed by atoms with Crippen molar-refractivity contribution in [2.45, 2.75) is 6.54 Å². The van der Waals surface area contributed by atoms with Crippen LogP contribution in [0.2, 0.25) is 0 Å². The minimum atomic E-state index is -1.11. The molecule has 0 saturated carbocycles. The number of carbonyl (C=O) groups is 2. The molecule has 0 fully saturated rings. The highest BCUT2D eigenvalue weighted by Gasteiger charge is 2.15. The van der Waals surface area contributed by atoms with E-state index in [1.807, 2.05) is 0 Å². The summed E-state index contributed by atoms with van der Waals surface area (Å²) in [6, 6.07) is 4.15. The number of H-pyrrole nitrogens is 1. The van der Waals surface area contributed by atoms with Crippen LogP contribution in [0.25, 0.3) is 0 Å². The highest BCUT2D eigenvalue weighted by molar-refractivity contribution is 9.10. The van der Waals surface area contributed by atoms with Crippen molar-refractivity contribution in [3.05, 3.63) is 46.2 Å². The molecule has 0 aliphatic rings. The van der Waals surface area contributed by atoms with Crippen LogP contribution < -0.4 is 10.6 Å². The predicted molar refractivity (Wildman–Crippen MR) is 75.5 cm³/mol. The van der Waals surface area contributed by atoms with Gasteiger partial charge < -0.3 is 15.7 Å². The average Bonchev–Trinajstić information content (AvgIpc) is 2.91. The lowest BCUT2D eigenvalue weighted by Crippen LogP contribution is -2.29. The van der Waals surface area contributed by atoms with Crippen LogP contribution in [-0.2, 0) is 6.54 Å². The number of nitrogens with zero attached hydrogens (tertiary/aromatic N) is 1. The summed E-state index contributed by atoms with van der Waals surface area (Å²) in [5.74, 6) is -1.11. The largest absolute Gasteiger partial charge is 0.478 e. The predicted octanol–water partition coefficient (Wildman–Crippen LogP) is 2.19. The standard InChI is InChI=1S/C12H11BrN4O3/c13-9-3-1-2-8(11(18)19)10(9)17-12(20)14-4-7-5-15-16-6-7/h1-3,5-6H,4H2,(H,15,16)(H,18,19)(H2,14,17,20). The lowest BCUT2D eigenvalue weighted by molar-refractivity contribution is 0.0698. The lowest BCUT2D eigenvalue weighted by Gasteiger charge is -2.11. The Balaban J connectivity index is 2.06. The van der Waals surface area contributed by atoms with E-state index in [0.29, 0.717) is 4.47 Å². The topological polar surface area (TPSA) is 107 Å². The number of rotatable bonds is 4. The molecule has 1 aromatic carbocycles. The summed E-state index contributed by atoms with van der Waals surface area (Å²) in [6.07, 6.45) is 3.24. The molecule has 0 unspecified atom stereocenters. The van der Waals surface area contributed by atoms with Gasteiger partial charge in [0.2, 0.25) is 0 Å². The maximum Gasteiger partial charge on any atom is 0.337 e. The van der Waals surface area contributed by atoms with Crippen molar-refractivity contribution in [3.8, 4) is 0 Å². The number of anilines is 1. The van der Waals surface area contributed by atoms with E-state index in [9.17, 15) is 9.59 Å². The third-order valence-electron chi connectivity index (χ3n) is 2.49.